The second-order valence-corrected chi connectivity index (χ2v) is 5.65. The molecule has 0 unspecified atom stereocenters. The highest BCUT2D eigenvalue weighted by molar-refractivity contribution is 5.69. The molecule has 1 aromatic heterocycles. The molecule has 98 valence electrons. The summed E-state index contributed by atoms with van der Waals surface area (Å²) in [6.45, 7) is 8.15. The molecule has 3 N–H and O–H groups in total. The van der Waals surface area contributed by atoms with Gasteiger partial charge in [0.1, 0.15) is 0 Å². The number of benzene rings is 1. The lowest BCUT2D eigenvalue weighted by Gasteiger charge is -2.35. The highest BCUT2D eigenvalue weighted by atomic mass is 16.1. The van der Waals surface area contributed by atoms with E-state index in [0.717, 1.165) is 17.7 Å². The topological polar surface area (TPSA) is 60.7 Å². The molecule has 0 saturated heterocycles. The van der Waals surface area contributed by atoms with Crippen LogP contribution in [0.4, 0.5) is 0 Å². The minimum atomic E-state index is -0.139. The first-order valence-corrected chi connectivity index (χ1v) is 6.34. The van der Waals surface area contributed by atoms with Crippen molar-refractivity contribution in [3.05, 3.63) is 56.3 Å². The molecule has 3 rings (SSSR count). The summed E-state index contributed by atoms with van der Waals surface area (Å²) in [5, 5.41) is 10.0. The average Bonchev–Trinajstić information content (AvgIpc) is 2.67. The van der Waals surface area contributed by atoms with Gasteiger partial charge in [-0.3, -0.25) is 15.0 Å². The van der Waals surface area contributed by atoms with Crippen LogP contribution in [0.5, 0.6) is 0 Å². The van der Waals surface area contributed by atoms with E-state index >= 15 is 0 Å². The largest absolute Gasteiger partial charge is 0.379 e. The molecule has 0 spiro atoms. The zero-order valence-corrected chi connectivity index (χ0v) is 11.1. The Bertz CT molecular complexity index is 765. The molecule has 0 aliphatic carbocycles. The fourth-order valence-electron chi connectivity index (χ4n) is 2.70. The van der Waals surface area contributed by atoms with Gasteiger partial charge in [0.25, 0.3) is 5.56 Å². The number of H-pyrrole nitrogens is 2. The van der Waals surface area contributed by atoms with Crippen molar-refractivity contribution in [3.63, 3.8) is 0 Å². The van der Waals surface area contributed by atoms with Gasteiger partial charge in [0.15, 0.2) is 0 Å². The highest BCUT2D eigenvalue weighted by Gasteiger charge is 2.28. The van der Waals surface area contributed by atoms with Crippen molar-refractivity contribution in [1.82, 2.24) is 15.5 Å². The quantitative estimate of drug-likeness (QED) is 0.629. The van der Waals surface area contributed by atoms with Gasteiger partial charge in [0, 0.05) is 11.1 Å². The molecule has 0 amide bonds. The smallest absolute Gasteiger partial charge is 0.273 e. The van der Waals surface area contributed by atoms with Gasteiger partial charge in [-0.05, 0) is 25.8 Å². The Morgan fingerprint density at radius 3 is 2.63 bits per heavy atom. The molecular formula is C15H17N3O. The summed E-state index contributed by atoms with van der Waals surface area (Å²) >= 11 is 0. The molecule has 0 atom stereocenters. The summed E-state index contributed by atoms with van der Waals surface area (Å²) in [6.07, 6.45) is 0.932. The second-order valence-electron chi connectivity index (χ2n) is 5.65. The van der Waals surface area contributed by atoms with Gasteiger partial charge in [0.2, 0.25) is 0 Å². The second kappa shape index (κ2) is 3.88. The van der Waals surface area contributed by atoms with E-state index in [1.165, 1.54) is 5.56 Å². The molecule has 2 aromatic rings. The summed E-state index contributed by atoms with van der Waals surface area (Å²) in [5.74, 6) is 0. The van der Waals surface area contributed by atoms with Crippen molar-refractivity contribution in [1.29, 1.82) is 0 Å². The van der Waals surface area contributed by atoms with Crippen molar-refractivity contribution in [2.45, 2.75) is 25.8 Å². The van der Waals surface area contributed by atoms with Gasteiger partial charge >= 0.3 is 0 Å². The van der Waals surface area contributed by atoms with E-state index in [0.29, 0.717) is 10.6 Å². The Morgan fingerprint density at radius 2 is 1.95 bits per heavy atom. The lowest BCUT2D eigenvalue weighted by atomic mass is 9.85. The molecule has 4 heteroatoms. The van der Waals surface area contributed by atoms with Crippen molar-refractivity contribution in [2.24, 2.45) is 0 Å². The predicted molar refractivity (Wildman–Crippen MR) is 76.1 cm³/mol. The number of fused-ring (bicyclic) bond motifs is 1. The van der Waals surface area contributed by atoms with E-state index in [-0.39, 0.29) is 11.1 Å². The van der Waals surface area contributed by atoms with Crippen LogP contribution in [0.15, 0.2) is 29.1 Å². The van der Waals surface area contributed by atoms with E-state index in [9.17, 15) is 4.79 Å². The molecule has 1 aromatic carbocycles. The lowest BCUT2D eigenvalue weighted by molar-refractivity contribution is 0.436. The van der Waals surface area contributed by atoms with Crippen LogP contribution >= 0.6 is 0 Å². The maximum absolute atomic E-state index is 12.0. The molecule has 0 saturated carbocycles. The van der Waals surface area contributed by atoms with Crippen LogP contribution in [-0.4, -0.2) is 15.7 Å². The normalized spacial score (nSPS) is 19.7. The van der Waals surface area contributed by atoms with Gasteiger partial charge in [-0.15, -0.1) is 0 Å². The Morgan fingerprint density at radius 1 is 1.21 bits per heavy atom. The fourth-order valence-corrected chi connectivity index (χ4v) is 2.70. The first kappa shape index (κ1) is 11.8. The molecule has 0 radical (unpaired) electrons. The van der Waals surface area contributed by atoms with Gasteiger partial charge in [-0.1, -0.05) is 30.8 Å². The maximum Gasteiger partial charge on any atom is 0.273 e. The van der Waals surface area contributed by atoms with E-state index < -0.39 is 0 Å². The van der Waals surface area contributed by atoms with E-state index in [2.05, 4.69) is 42.0 Å². The van der Waals surface area contributed by atoms with Crippen molar-refractivity contribution in [3.8, 4) is 0 Å². The number of hydrogen-bond acceptors (Lipinski definition) is 2. The molecule has 1 aliphatic rings. The fraction of sp³-hybridized carbons (Fsp3) is 0.267. The van der Waals surface area contributed by atoms with Crippen LogP contribution in [-0.2, 0) is 6.42 Å². The lowest BCUT2D eigenvalue weighted by Crippen LogP contribution is -2.49. The van der Waals surface area contributed by atoms with Crippen LogP contribution < -0.4 is 21.4 Å². The van der Waals surface area contributed by atoms with Crippen LogP contribution in [0.1, 0.15) is 25.0 Å². The Balaban J connectivity index is 2.44. The van der Waals surface area contributed by atoms with E-state index in [1.54, 1.807) is 0 Å². The molecule has 0 fully saturated rings. The monoisotopic (exact) mass is 255 g/mol. The zero-order valence-electron chi connectivity index (χ0n) is 11.1. The zero-order chi connectivity index (χ0) is 13.6. The third-order valence-corrected chi connectivity index (χ3v) is 3.49. The molecule has 19 heavy (non-hydrogen) atoms. The van der Waals surface area contributed by atoms with Crippen molar-refractivity contribution >= 4 is 12.3 Å². The minimum Gasteiger partial charge on any atom is -0.379 e. The first-order chi connectivity index (χ1) is 8.98. The van der Waals surface area contributed by atoms with Gasteiger partial charge in [-0.25, -0.2) is 0 Å². The Hall–Kier alpha value is -2.23. The summed E-state index contributed by atoms with van der Waals surface area (Å²) < 4.78 is 0. The predicted octanol–water partition coefficient (Wildman–Crippen LogP) is 0.194. The van der Waals surface area contributed by atoms with Crippen molar-refractivity contribution in [2.75, 3.05) is 0 Å². The minimum absolute atomic E-state index is 0.0835. The molecular weight excluding hydrogens is 238 g/mol. The number of rotatable bonds is 0. The number of aromatic amines is 2. The summed E-state index contributed by atoms with van der Waals surface area (Å²) in [6, 6.07) is 8.17. The van der Waals surface area contributed by atoms with E-state index in [1.807, 2.05) is 18.2 Å². The van der Waals surface area contributed by atoms with Crippen LogP contribution in [0.3, 0.4) is 0 Å². The van der Waals surface area contributed by atoms with Crippen LogP contribution in [0, 0.1) is 0 Å². The molecule has 0 bridgehead atoms. The summed E-state index contributed by atoms with van der Waals surface area (Å²) in [5.41, 5.74) is 2.97. The standard InChI is InChI=1S/C15H17N3O/c1-9-12(14(19)18-17-9)13-11-7-5-4-6-10(11)8-15(2,3)16-13/h4-7,16-17H,1,8H2,2-3H3,(H,18,19). The average molecular weight is 255 g/mol. The molecule has 2 heterocycles. The third-order valence-electron chi connectivity index (χ3n) is 3.49. The maximum atomic E-state index is 12.0. The SMILES string of the molecule is C=c1[nH][nH]c(=O)c1=C1NC(C)(C)Cc2ccccc21. The number of hydrogen-bond donors (Lipinski definition) is 3. The number of nitrogens with one attached hydrogen (secondary N) is 3. The third kappa shape index (κ3) is 1.89. The van der Waals surface area contributed by atoms with Crippen LogP contribution in [0.25, 0.3) is 12.3 Å². The van der Waals surface area contributed by atoms with Gasteiger partial charge in [-0.2, -0.15) is 0 Å². The highest BCUT2D eigenvalue weighted by Crippen LogP contribution is 2.27. The number of aromatic nitrogens is 2. The molecule has 4 nitrogen and oxygen atoms in total. The van der Waals surface area contributed by atoms with Gasteiger partial charge in [0.05, 0.1) is 16.3 Å². The Labute approximate surface area is 110 Å². The van der Waals surface area contributed by atoms with Crippen LogP contribution in [0.2, 0.25) is 0 Å². The summed E-state index contributed by atoms with van der Waals surface area (Å²) in [4.78, 5) is 12.0. The Kier molecular flexibility index (Phi) is 2.42. The van der Waals surface area contributed by atoms with Crippen molar-refractivity contribution < 1.29 is 0 Å². The van der Waals surface area contributed by atoms with E-state index in [4.69, 9.17) is 0 Å². The van der Waals surface area contributed by atoms with Gasteiger partial charge < -0.3 is 5.32 Å². The first-order valence-electron chi connectivity index (χ1n) is 6.34. The summed E-state index contributed by atoms with van der Waals surface area (Å²) in [7, 11) is 0. The molecule has 1 aliphatic heterocycles.